The number of hydrogen-bond donors (Lipinski definition) is 2. The smallest absolute Gasteiger partial charge is 0.118 e. The Balaban J connectivity index is 2.69. The topological polar surface area (TPSA) is 47.3 Å². The van der Waals surface area contributed by atoms with E-state index in [1.165, 1.54) is 5.56 Å². The third-order valence-corrected chi connectivity index (χ3v) is 2.82. The molecule has 0 aliphatic rings. The van der Waals surface area contributed by atoms with Gasteiger partial charge in [-0.15, -0.1) is 6.42 Å². The molecular formula is C14H20N2O. The number of ether oxygens (including phenoxy) is 1. The van der Waals surface area contributed by atoms with Gasteiger partial charge in [-0.05, 0) is 31.0 Å². The van der Waals surface area contributed by atoms with E-state index in [1.807, 2.05) is 24.3 Å². The fourth-order valence-electron chi connectivity index (χ4n) is 1.67. The van der Waals surface area contributed by atoms with E-state index >= 15 is 0 Å². The van der Waals surface area contributed by atoms with Crippen molar-refractivity contribution in [2.75, 3.05) is 20.2 Å². The van der Waals surface area contributed by atoms with E-state index in [1.54, 1.807) is 7.11 Å². The Morgan fingerprint density at radius 1 is 1.41 bits per heavy atom. The van der Waals surface area contributed by atoms with E-state index in [4.69, 9.17) is 16.9 Å². The fraction of sp³-hybridized carbons (Fsp3) is 0.429. The molecule has 0 saturated carbocycles. The van der Waals surface area contributed by atoms with E-state index in [0.29, 0.717) is 13.1 Å². The Morgan fingerprint density at radius 3 is 2.53 bits per heavy atom. The lowest BCUT2D eigenvalue weighted by Crippen LogP contribution is -2.50. The third kappa shape index (κ3) is 4.10. The second kappa shape index (κ2) is 6.29. The highest BCUT2D eigenvalue weighted by molar-refractivity contribution is 5.28. The van der Waals surface area contributed by atoms with Crippen molar-refractivity contribution in [3.05, 3.63) is 29.8 Å². The van der Waals surface area contributed by atoms with Gasteiger partial charge in [0.25, 0.3) is 0 Å². The molecule has 3 nitrogen and oxygen atoms in total. The molecule has 0 fully saturated rings. The molecule has 92 valence electrons. The van der Waals surface area contributed by atoms with Gasteiger partial charge in [0.15, 0.2) is 0 Å². The normalized spacial score (nSPS) is 13.8. The van der Waals surface area contributed by atoms with Crippen molar-refractivity contribution in [2.24, 2.45) is 5.73 Å². The molecule has 0 bridgehead atoms. The summed E-state index contributed by atoms with van der Waals surface area (Å²) in [6.07, 6.45) is 6.09. The number of terminal acetylenes is 1. The maximum atomic E-state index is 5.80. The van der Waals surface area contributed by atoms with Crippen LogP contribution in [0.5, 0.6) is 5.75 Å². The predicted molar refractivity (Wildman–Crippen MR) is 71.0 cm³/mol. The van der Waals surface area contributed by atoms with Crippen LogP contribution < -0.4 is 15.8 Å². The molecule has 0 aliphatic carbocycles. The number of nitrogens with one attached hydrogen (secondary N) is 1. The number of hydrogen-bond acceptors (Lipinski definition) is 3. The maximum Gasteiger partial charge on any atom is 0.118 e. The van der Waals surface area contributed by atoms with Crippen LogP contribution in [0.25, 0.3) is 0 Å². The van der Waals surface area contributed by atoms with Crippen molar-refractivity contribution in [3.8, 4) is 18.1 Å². The van der Waals surface area contributed by atoms with E-state index in [2.05, 4.69) is 18.2 Å². The molecule has 1 rings (SSSR count). The quantitative estimate of drug-likeness (QED) is 0.724. The van der Waals surface area contributed by atoms with Gasteiger partial charge in [0.1, 0.15) is 5.75 Å². The second-order valence-corrected chi connectivity index (χ2v) is 4.35. The van der Waals surface area contributed by atoms with Gasteiger partial charge in [-0.3, -0.25) is 5.32 Å². The molecular weight excluding hydrogens is 212 g/mol. The van der Waals surface area contributed by atoms with Crippen LogP contribution in [0.1, 0.15) is 12.5 Å². The summed E-state index contributed by atoms with van der Waals surface area (Å²) in [5.41, 5.74) is 6.84. The maximum absolute atomic E-state index is 5.80. The van der Waals surface area contributed by atoms with Crippen LogP contribution in [-0.2, 0) is 6.42 Å². The van der Waals surface area contributed by atoms with Gasteiger partial charge in [-0.25, -0.2) is 0 Å². The Kier molecular flexibility index (Phi) is 5.02. The fourth-order valence-corrected chi connectivity index (χ4v) is 1.67. The highest BCUT2D eigenvalue weighted by atomic mass is 16.5. The van der Waals surface area contributed by atoms with Crippen LogP contribution in [0.15, 0.2) is 24.3 Å². The SMILES string of the molecule is C#CCNC(C)(CN)Cc1ccc(OC)cc1. The highest BCUT2D eigenvalue weighted by Crippen LogP contribution is 2.16. The molecule has 17 heavy (non-hydrogen) atoms. The van der Waals surface area contributed by atoms with Crippen LogP contribution in [0.2, 0.25) is 0 Å². The first-order valence-corrected chi connectivity index (χ1v) is 5.65. The summed E-state index contributed by atoms with van der Waals surface area (Å²) in [4.78, 5) is 0. The van der Waals surface area contributed by atoms with Gasteiger partial charge >= 0.3 is 0 Å². The van der Waals surface area contributed by atoms with Crippen LogP contribution in [0.4, 0.5) is 0 Å². The average molecular weight is 232 g/mol. The second-order valence-electron chi connectivity index (χ2n) is 4.35. The molecule has 0 aliphatic heterocycles. The van der Waals surface area contributed by atoms with Crippen LogP contribution >= 0.6 is 0 Å². The van der Waals surface area contributed by atoms with Gasteiger partial charge < -0.3 is 10.5 Å². The summed E-state index contributed by atoms with van der Waals surface area (Å²) in [7, 11) is 1.66. The monoisotopic (exact) mass is 232 g/mol. The van der Waals surface area contributed by atoms with Crippen LogP contribution in [-0.4, -0.2) is 25.7 Å². The predicted octanol–water partition coefficient (Wildman–Crippen LogP) is 1.18. The molecule has 1 aromatic carbocycles. The first-order chi connectivity index (χ1) is 8.13. The molecule has 0 heterocycles. The molecule has 0 saturated heterocycles. The van der Waals surface area contributed by atoms with Gasteiger partial charge in [-0.2, -0.15) is 0 Å². The van der Waals surface area contributed by atoms with Gasteiger partial charge in [-0.1, -0.05) is 18.1 Å². The molecule has 1 aromatic rings. The minimum absolute atomic E-state index is 0.166. The van der Waals surface area contributed by atoms with E-state index in [0.717, 1.165) is 12.2 Å². The zero-order valence-corrected chi connectivity index (χ0v) is 10.5. The molecule has 3 heteroatoms. The third-order valence-electron chi connectivity index (χ3n) is 2.82. The summed E-state index contributed by atoms with van der Waals surface area (Å²) >= 11 is 0. The van der Waals surface area contributed by atoms with Crippen LogP contribution in [0, 0.1) is 12.3 Å². The van der Waals surface area contributed by atoms with Crippen molar-refractivity contribution in [1.82, 2.24) is 5.32 Å². The van der Waals surface area contributed by atoms with Crippen molar-refractivity contribution < 1.29 is 4.74 Å². The number of methoxy groups -OCH3 is 1. The molecule has 0 spiro atoms. The highest BCUT2D eigenvalue weighted by Gasteiger charge is 2.21. The average Bonchev–Trinajstić information content (AvgIpc) is 2.37. The summed E-state index contributed by atoms with van der Waals surface area (Å²) in [6.45, 7) is 3.15. The van der Waals surface area contributed by atoms with Crippen LogP contribution in [0.3, 0.4) is 0 Å². The lowest BCUT2D eigenvalue weighted by molar-refractivity contribution is 0.379. The van der Waals surface area contributed by atoms with Gasteiger partial charge in [0, 0.05) is 12.1 Å². The number of nitrogens with two attached hydrogens (primary N) is 1. The number of benzene rings is 1. The molecule has 0 aromatic heterocycles. The lowest BCUT2D eigenvalue weighted by atomic mass is 9.93. The molecule has 1 atom stereocenters. The first kappa shape index (κ1) is 13.6. The summed E-state index contributed by atoms with van der Waals surface area (Å²) in [6, 6.07) is 8.00. The molecule has 0 radical (unpaired) electrons. The Bertz CT molecular complexity index is 380. The van der Waals surface area contributed by atoms with E-state index in [-0.39, 0.29) is 5.54 Å². The van der Waals surface area contributed by atoms with Crippen molar-refractivity contribution in [2.45, 2.75) is 18.9 Å². The standard InChI is InChI=1S/C14H20N2O/c1-4-9-16-14(2,11-15)10-12-5-7-13(17-3)8-6-12/h1,5-8,16H,9-11,15H2,2-3H3. The van der Waals surface area contributed by atoms with E-state index in [9.17, 15) is 0 Å². The summed E-state index contributed by atoms with van der Waals surface area (Å²) < 4.78 is 5.12. The summed E-state index contributed by atoms with van der Waals surface area (Å²) in [5, 5.41) is 3.28. The first-order valence-electron chi connectivity index (χ1n) is 5.65. The zero-order valence-electron chi connectivity index (χ0n) is 10.5. The van der Waals surface area contributed by atoms with Gasteiger partial charge in [0.05, 0.1) is 13.7 Å². The minimum Gasteiger partial charge on any atom is -0.497 e. The Morgan fingerprint density at radius 2 is 2.06 bits per heavy atom. The largest absolute Gasteiger partial charge is 0.497 e. The van der Waals surface area contributed by atoms with Gasteiger partial charge in [0.2, 0.25) is 0 Å². The number of rotatable bonds is 6. The van der Waals surface area contributed by atoms with Crippen molar-refractivity contribution in [3.63, 3.8) is 0 Å². The summed E-state index contributed by atoms with van der Waals surface area (Å²) in [5.74, 6) is 3.44. The zero-order chi connectivity index (χ0) is 12.7. The Hall–Kier alpha value is -1.50. The van der Waals surface area contributed by atoms with E-state index < -0.39 is 0 Å². The molecule has 3 N–H and O–H groups in total. The van der Waals surface area contributed by atoms with Crippen molar-refractivity contribution >= 4 is 0 Å². The van der Waals surface area contributed by atoms with Crippen molar-refractivity contribution in [1.29, 1.82) is 0 Å². The lowest BCUT2D eigenvalue weighted by Gasteiger charge is -2.29. The minimum atomic E-state index is -0.166. The molecule has 0 amide bonds. The molecule has 1 unspecified atom stereocenters. The Labute approximate surface area is 103 Å².